The largest absolute Gasteiger partial charge is 0.508 e. The van der Waals surface area contributed by atoms with Gasteiger partial charge < -0.3 is 14.8 Å². The van der Waals surface area contributed by atoms with Crippen LogP contribution in [0.5, 0.6) is 11.5 Å². The van der Waals surface area contributed by atoms with E-state index >= 15 is 0 Å². The van der Waals surface area contributed by atoms with Crippen LogP contribution < -0.4 is 4.74 Å². The van der Waals surface area contributed by atoms with E-state index in [0.717, 1.165) is 29.3 Å². The van der Waals surface area contributed by atoms with E-state index in [-0.39, 0.29) is 11.5 Å². The Kier molecular flexibility index (Phi) is 14.6. The number of hydrogen-bond donors (Lipinski definition) is 2. The number of Topliss-reactive ketones (excluding diaryl/α,β-unsaturated/α-hetero) is 1. The number of carbonyl (C=O) groups is 4. The molecule has 0 saturated heterocycles. The van der Waals surface area contributed by atoms with Gasteiger partial charge in [-0.3, -0.25) is 14.4 Å². The number of aromatic hydroxyl groups is 1. The Hall–Kier alpha value is -5.56. The molecule has 0 bridgehead atoms. The summed E-state index contributed by atoms with van der Waals surface area (Å²) in [7, 11) is 0. The molecule has 2 N–H and O–H groups in total. The second-order valence-electron chi connectivity index (χ2n) is 10.7. The van der Waals surface area contributed by atoms with Gasteiger partial charge in [-0.15, -0.1) is 0 Å². The zero-order valence-electron chi connectivity index (χ0n) is 27.4. The van der Waals surface area contributed by atoms with Crippen LogP contribution in [-0.2, 0) is 0 Å². The zero-order valence-corrected chi connectivity index (χ0v) is 27.4. The summed E-state index contributed by atoms with van der Waals surface area (Å²) in [6.07, 6.45) is 5.23. The van der Waals surface area contributed by atoms with Gasteiger partial charge >= 0.3 is 5.97 Å². The highest BCUT2D eigenvalue weighted by atomic mass is 16.5. The maximum atomic E-state index is 12.1. The number of H-pyrrole nitrogens is 1. The number of aromatic nitrogens is 1. The quantitative estimate of drug-likeness (QED) is 0.0881. The van der Waals surface area contributed by atoms with Gasteiger partial charge in [-0.1, -0.05) is 0 Å². The molecule has 5 rings (SSSR count). The smallest absolute Gasteiger partial charge is 0.343 e. The molecule has 1 heterocycles. The predicted molar refractivity (Wildman–Crippen MR) is 182 cm³/mol. The predicted octanol–water partition coefficient (Wildman–Crippen LogP) is 8.68. The molecule has 0 fully saturated rings. The highest BCUT2D eigenvalue weighted by Crippen LogP contribution is 2.19. The van der Waals surface area contributed by atoms with E-state index < -0.39 is 5.97 Å². The van der Waals surface area contributed by atoms with Crippen molar-refractivity contribution in [2.45, 2.75) is 48.5 Å². The van der Waals surface area contributed by atoms with Gasteiger partial charge in [0.2, 0.25) is 0 Å². The molecule has 0 radical (unpaired) electrons. The normalized spacial score (nSPS) is 9.63. The van der Waals surface area contributed by atoms with Crippen LogP contribution in [0, 0.1) is 41.5 Å². The number of phenols is 1. The number of carbonyl (C=O) groups excluding carboxylic acids is 4. The number of aldehydes is 2. The topological polar surface area (TPSA) is 114 Å². The molecule has 0 unspecified atom stereocenters. The molecule has 238 valence electrons. The number of ketones is 1. The standard InChI is InChI=1S/C17H16O3.C11H14O.C7H6O2.C4H5N/c1-11-8-15(9-12(2)13(11)3)17(19)20-16-6-4-14(10-18)5-7-16;1-7-5-11(10(4)12)6-8(2)9(7)3;8-5-6-1-3-7(9)4-2-6;1-2-4-5-3-1/h4-10H,1-3H3;5-6H,1-4H3;1-5,9H;1-5H. The molecule has 0 aliphatic heterocycles. The molecule has 0 saturated carbocycles. The van der Waals surface area contributed by atoms with E-state index in [2.05, 4.69) is 11.9 Å². The van der Waals surface area contributed by atoms with Crippen LogP contribution in [0.2, 0.25) is 0 Å². The molecule has 7 nitrogen and oxygen atoms in total. The van der Waals surface area contributed by atoms with Crippen molar-refractivity contribution in [3.05, 3.63) is 153 Å². The highest BCUT2D eigenvalue weighted by Gasteiger charge is 2.11. The van der Waals surface area contributed by atoms with Crippen molar-refractivity contribution in [3.8, 4) is 11.5 Å². The van der Waals surface area contributed by atoms with Crippen molar-refractivity contribution in [1.29, 1.82) is 0 Å². The Morgan fingerprint density at radius 2 is 1.02 bits per heavy atom. The van der Waals surface area contributed by atoms with E-state index in [0.29, 0.717) is 22.4 Å². The lowest BCUT2D eigenvalue weighted by Gasteiger charge is -2.09. The third kappa shape index (κ3) is 11.8. The van der Waals surface area contributed by atoms with Gasteiger partial charge in [0.15, 0.2) is 5.78 Å². The molecule has 4 aromatic carbocycles. The lowest BCUT2D eigenvalue weighted by Crippen LogP contribution is -2.09. The Balaban J connectivity index is 0.000000239. The summed E-state index contributed by atoms with van der Waals surface area (Å²) in [5.74, 6) is 0.355. The molecule has 0 amide bonds. The van der Waals surface area contributed by atoms with E-state index in [1.165, 1.54) is 34.4 Å². The van der Waals surface area contributed by atoms with Crippen LogP contribution >= 0.6 is 0 Å². The fourth-order valence-corrected chi connectivity index (χ4v) is 4.00. The Bertz CT molecular complexity index is 1670. The SMILES string of the molecule is CC(=O)c1cc(C)c(C)c(C)c1.Cc1cc(C(=O)Oc2ccc(C=O)cc2)cc(C)c1C.O=Cc1ccc(O)cc1.c1cc[nH]c1. The van der Waals surface area contributed by atoms with Gasteiger partial charge in [0.25, 0.3) is 0 Å². The third-order valence-electron chi connectivity index (χ3n) is 7.25. The number of esters is 1. The molecule has 5 aromatic rings. The minimum atomic E-state index is -0.393. The number of aromatic amines is 1. The summed E-state index contributed by atoms with van der Waals surface area (Å²) >= 11 is 0. The van der Waals surface area contributed by atoms with E-state index in [4.69, 9.17) is 9.84 Å². The number of benzene rings is 4. The van der Waals surface area contributed by atoms with Gasteiger partial charge in [0.05, 0.1) is 5.56 Å². The number of hydrogen-bond acceptors (Lipinski definition) is 6. The number of nitrogens with one attached hydrogen (secondary N) is 1. The summed E-state index contributed by atoms with van der Waals surface area (Å²) in [5.41, 5.74) is 9.44. The monoisotopic (exact) mass is 619 g/mol. The minimum Gasteiger partial charge on any atom is -0.508 e. The van der Waals surface area contributed by atoms with Crippen molar-refractivity contribution in [2.24, 2.45) is 0 Å². The summed E-state index contributed by atoms with van der Waals surface area (Å²) in [5, 5.41) is 8.74. The molecule has 46 heavy (non-hydrogen) atoms. The molecular formula is C39H41NO6. The number of ether oxygens (including phenoxy) is 1. The molecule has 0 aliphatic carbocycles. The first-order valence-electron chi connectivity index (χ1n) is 14.6. The van der Waals surface area contributed by atoms with Crippen molar-refractivity contribution in [1.82, 2.24) is 4.98 Å². The summed E-state index contributed by atoms with van der Waals surface area (Å²) in [6, 6.07) is 23.9. The molecular weight excluding hydrogens is 578 g/mol. The highest BCUT2D eigenvalue weighted by molar-refractivity contribution is 5.94. The molecule has 7 heteroatoms. The van der Waals surface area contributed by atoms with Crippen molar-refractivity contribution < 1.29 is 29.0 Å². The average Bonchev–Trinajstić information content (AvgIpc) is 3.64. The van der Waals surface area contributed by atoms with Gasteiger partial charge in [0.1, 0.15) is 24.1 Å². The maximum Gasteiger partial charge on any atom is 0.343 e. The first-order chi connectivity index (χ1) is 21.9. The van der Waals surface area contributed by atoms with E-state index in [9.17, 15) is 19.2 Å². The maximum absolute atomic E-state index is 12.1. The molecule has 0 spiro atoms. The third-order valence-corrected chi connectivity index (χ3v) is 7.25. The van der Waals surface area contributed by atoms with E-state index in [1.54, 1.807) is 43.3 Å². The summed E-state index contributed by atoms with van der Waals surface area (Å²) in [6.45, 7) is 13.7. The zero-order chi connectivity index (χ0) is 34.2. The van der Waals surface area contributed by atoms with Crippen LogP contribution in [0.3, 0.4) is 0 Å². The number of phenolic OH excluding ortho intramolecular Hbond substituents is 1. The van der Waals surface area contributed by atoms with Crippen LogP contribution in [0.25, 0.3) is 0 Å². The molecule has 1 aromatic heterocycles. The fraction of sp³-hybridized carbons (Fsp3) is 0.179. The van der Waals surface area contributed by atoms with Gasteiger partial charge in [-0.2, -0.15) is 0 Å². The van der Waals surface area contributed by atoms with Gasteiger partial charge in [0, 0.05) is 29.1 Å². The van der Waals surface area contributed by atoms with Crippen LogP contribution in [0.1, 0.15) is 81.7 Å². The molecule has 0 aliphatic rings. The van der Waals surface area contributed by atoms with Crippen molar-refractivity contribution in [2.75, 3.05) is 0 Å². The summed E-state index contributed by atoms with van der Waals surface area (Å²) in [4.78, 5) is 46.6. The average molecular weight is 620 g/mol. The fourth-order valence-electron chi connectivity index (χ4n) is 4.00. The first kappa shape index (κ1) is 36.6. The van der Waals surface area contributed by atoms with Gasteiger partial charge in [-0.25, -0.2) is 4.79 Å². The number of rotatable bonds is 5. The van der Waals surface area contributed by atoms with Gasteiger partial charge in [-0.05, 0) is 167 Å². The lowest BCUT2D eigenvalue weighted by molar-refractivity contribution is 0.0734. The van der Waals surface area contributed by atoms with Crippen molar-refractivity contribution in [3.63, 3.8) is 0 Å². The minimum absolute atomic E-state index is 0.140. The van der Waals surface area contributed by atoms with Crippen LogP contribution in [-0.4, -0.2) is 34.4 Å². The first-order valence-corrected chi connectivity index (χ1v) is 14.6. The summed E-state index contributed by atoms with van der Waals surface area (Å²) < 4.78 is 5.29. The number of aryl methyl sites for hydroxylation is 4. The van der Waals surface area contributed by atoms with Crippen LogP contribution in [0.15, 0.2) is 97.3 Å². The molecule has 0 atom stereocenters. The Morgan fingerprint density at radius 3 is 1.37 bits per heavy atom. The van der Waals surface area contributed by atoms with Crippen molar-refractivity contribution >= 4 is 24.3 Å². The second-order valence-corrected chi connectivity index (χ2v) is 10.7. The lowest BCUT2D eigenvalue weighted by atomic mass is 9.99. The Labute approximate surface area is 270 Å². The van der Waals surface area contributed by atoms with Crippen LogP contribution in [0.4, 0.5) is 0 Å². The van der Waals surface area contributed by atoms with E-state index in [1.807, 2.05) is 83.4 Å². The second kappa shape index (κ2) is 18.3. The Morgan fingerprint density at radius 1 is 0.630 bits per heavy atom.